The molecule has 100 valence electrons. The third-order valence-corrected chi connectivity index (χ3v) is 2.56. The number of carboxylic acid groups (broad SMARTS) is 1. The van der Waals surface area contributed by atoms with Gasteiger partial charge >= 0.3 is 12.1 Å². The minimum absolute atomic E-state index is 0.524. The van der Waals surface area contributed by atoms with E-state index in [1.54, 1.807) is 0 Å². The molecule has 0 saturated carbocycles. The summed E-state index contributed by atoms with van der Waals surface area (Å²) in [6.45, 7) is 0. The molecule has 0 bridgehead atoms. The fourth-order valence-electron chi connectivity index (χ4n) is 1.31. The van der Waals surface area contributed by atoms with Crippen LogP contribution in [0.25, 0.3) is 0 Å². The van der Waals surface area contributed by atoms with Gasteiger partial charge in [-0.3, -0.25) is 4.21 Å². The first kappa shape index (κ1) is 14.6. The monoisotopic (exact) mass is 285 g/mol. The highest BCUT2D eigenvalue weighted by Gasteiger charge is 2.39. The van der Waals surface area contributed by atoms with Crippen LogP contribution in [-0.2, 0) is 23.0 Å². The largest absolute Gasteiger partial charge is 0.772 e. The summed E-state index contributed by atoms with van der Waals surface area (Å²) in [4.78, 5) is 10.6. The summed E-state index contributed by atoms with van der Waals surface area (Å²) < 4.78 is 71.8. The normalized spacial score (nSPS) is 13.4. The SMILES string of the molecule is O=C(O)c1ccc(CS(=O)[O-])c(F)c1C(F)(F)F. The lowest BCUT2D eigenvalue weighted by Gasteiger charge is -2.14. The van der Waals surface area contributed by atoms with E-state index in [0.717, 1.165) is 0 Å². The molecule has 0 radical (unpaired) electrons. The number of alkyl halides is 3. The van der Waals surface area contributed by atoms with Gasteiger partial charge < -0.3 is 9.66 Å². The van der Waals surface area contributed by atoms with Crippen LogP contribution in [0.3, 0.4) is 0 Å². The van der Waals surface area contributed by atoms with Crippen LogP contribution in [0.1, 0.15) is 21.5 Å². The fraction of sp³-hybridized carbons (Fsp3) is 0.222. The first-order chi connectivity index (χ1) is 8.14. The van der Waals surface area contributed by atoms with Crippen LogP contribution in [0.4, 0.5) is 17.6 Å². The van der Waals surface area contributed by atoms with Crippen molar-refractivity contribution in [3.05, 3.63) is 34.6 Å². The Hall–Kier alpha value is -1.48. The summed E-state index contributed by atoms with van der Waals surface area (Å²) in [5, 5.41) is 8.54. The summed E-state index contributed by atoms with van der Waals surface area (Å²) in [5.41, 5.74) is -3.97. The Morgan fingerprint density at radius 1 is 1.39 bits per heavy atom. The molecule has 1 aromatic rings. The smallest absolute Gasteiger partial charge is 0.420 e. The van der Waals surface area contributed by atoms with Crippen molar-refractivity contribution in [1.29, 1.82) is 0 Å². The van der Waals surface area contributed by atoms with Crippen molar-refractivity contribution in [3.63, 3.8) is 0 Å². The summed E-state index contributed by atoms with van der Waals surface area (Å²) in [7, 11) is 0. The molecule has 1 aromatic carbocycles. The molecule has 9 heteroatoms. The van der Waals surface area contributed by atoms with Crippen LogP contribution in [0, 0.1) is 5.82 Å². The molecule has 1 rings (SSSR count). The van der Waals surface area contributed by atoms with Crippen molar-refractivity contribution in [2.24, 2.45) is 0 Å². The van der Waals surface area contributed by atoms with Crippen LogP contribution in [0.2, 0.25) is 0 Å². The zero-order valence-electron chi connectivity index (χ0n) is 8.45. The molecule has 1 unspecified atom stereocenters. The maximum absolute atomic E-state index is 13.5. The van der Waals surface area contributed by atoms with Gasteiger partial charge in [0.2, 0.25) is 0 Å². The molecule has 0 amide bonds. The number of carboxylic acids is 1. The molecule has 0 saturated heterocycles. The minimum atomic E-state index is -5.22. The van der Waals surface area contributed by atoms with Gasteiger partial charge in [-0.25, -0.2) is 9.18 Å². The van der Waals surface area contributed by atoms with Crippen LogP contribution in [-0.4, -0.2) is 19.8 Å². The molecule has 4 nitrogen and oxygen atoms in total. The van der Waals surface area contributed by atoms with E-state index in [-0.39, 0.29) is 0 Å². The van der Waals surface area contributed by atoms with Crippen LogP contribution >= 0.6 is 0 Å². The Morgan fingerprint density at radius 2 is 1.94 bits per heavy atom. The average Bonchev–Trinajstić information content (AvgIpc) is 2.17. The molecule has 0 fully saturated rings. The molecule has 0 aromatic heterocycles. The number of hydrogen-bond acceptors (Lipinski definition) is 3. The number of halogens is 4. The van der Waals surface area contributed by atoms with E-state index in [4.69, 9.17) is 5.11 Å². The van der Waals surface area contributed by atoms with Gasteiger partial charge in [-0.15, -0.1) is 0 Å². The van der Waals surface area contributed by atoms with Gasteiger partial charge in [0.05, 0.1) is 5.56 Å². The average molecular weight is 285 g/mol. The number of aromatic carboxylic acids is 1. The Labute approximate surface area is 101 Å². The molecule has 0 aliphatic carbocycles. The standard InChI is InChI=1S/C9H6F4O4S/c10-7-4(3-18(16)17)1-2-5(8(14)15)6(7)9(11,12)13/h1-2H,3H2,(H,14,15)(H,16,17)/p-1. The highest BCUT2D eigenvalue weighted by Crippen LogP contribution is 2.35. The molecule has 0 heterocycles. The Kier molecular flexibility index (Phi) is 4.07. The van der Waals surface area contributed by atoms with E-state index in [0.29, 0.717) is 12.1 Å². The van der Waals surface area contributed by atoms with Gasteiger partial charge in [0.15, 0.2) is 0 Å². The van der Waals surface area contributed by atoms with Gasteiger partial charge in [0, 0.05) is 5.75 Å². The van der Waals surface area contributed by atoms with Crippen molar-refractivity contribution in [2.75, 3.05) is 0 Å². The van der Waals surface area contributed by atoms with E-state index in [2.05, 4.69) is 0 Å². The van der Waals surface area contributed by atoms with Crippen LogP contribution in [0.5, 0.6) is 0 Å². The zero-order chi connectivity index (χ0) is 14.1. The second kappa shape index (κ2) is 5.02. The number of carbonyl (C=O) groups is 1. The zero-order valence-corrected chi connectivity index (χ0v) is 9.27. The van der Waals surface area contributed by atoms with E-state index < -0.39 is 51.5 Å². The van der Waals surface area contributed by atoms with Crippen molar-refractivity contribution in [1.82, 2.24) is 0 Å². The predicted octanol–water partition coefficient (Wildman–Crippen LogP) is 1.92. The third kappa shape index (κ3) is 3.05. The van der Waals surface area contributed by atoms with E-state index in [9.17, 15) is 31.1 Å². The second-order valence-corrected chi connectivity index (χ2v) is 4.11. The number of rotatable bonds is 3. The lowest BCUT2D eigenvalue weighted by Crippen LogP contribution is -2.17. The Bertz CT molecular complexity index is 512. The summed E-state index contributed by atoms with van der Waals surface area (Å²) in [6.07, 6.45) is -5.22. The lowest BCUT2D eigenvalue weighted by molar-refractivity contribution is -0.140. The topological polar surface area (TPSA) is 77.4 Å². The van der Waals surface area contributed by atoms with Crippen LogP contribution < -0.4 is 0 Å². The fourth-order valence-corrected chi connectivity index (χ4v) is 1.79. The molecule has 0 spiro atoms. The van der Waals surface area contributed by atoms with Gasteiger partial charge in [0.25, 0.3) is 0 Å². The van der Waals surface area contributed by atoms with Gasteiger partial charge in [0.1, 0.15) is 11.4 Å². The summed E-state index contributed by atoms with van der Waals surface area (Å²) >= 11 is -2.78. The highest BCUT2D eigenvalue weighted by molar-refractivity contribution is 7.78. The van der Waals surface area contributed by atoms with Gasteiger partial charge in [-0.05, 0) is 11.6 Å². The van der Waals surface area contributed by atoms with E-state index in [1.807, 2.05) is 0 Å². The van der Waals surface area contributed by atoms with Crippen LogP contribution in [0.15, 0.2) is 12.1 Å². The number of benzene rings is 1. The second-order valence-electron chi connectivity index (χ2n) is 3.21. The van der Waals surface area contributed by atoms with Crippen molar-refractivity contribution in [2.45, 2.75) is 11.9 Å². The van der Waals surface area contributed by atoms with Crippen molar-refractivity contribution >= 4 is 17.0 Å². The molecule has 1 atom stereocenters. The molecule has 1 N–H and O–H groups in total. The van der Waals surface area contributed by atoms with E-state index >= 15 is 0 Å². The predicted molar refractivity (Wildman–Crippen MR) is 51.0 cm³/mol. The van der Waals surface area contributed by atoms with Gasteiger partial charge in [-0.1, -0.05) is 17.1 Å². The molecule has 18 heavy (non-hydrogen) atoms. The van der Waals surface area contributed by atoms with Crippen molar-refractivity contribution < 1.29 is 36.2 Å². The maximum Gasteiger partial charge on any atom is 0.420 e. The minimum Gasteiger partial charge on any atom is -0.772 e. The molecular weight excluding hydrogens is 280 g/mol. The van der Waals surface area contributed by atoms with E-state index in [1.165, 1.54) is 0 Å². The quantitative estimate of drug-likeness (QED) is 0.680. The maximum atomic E-state index is 13.5. The molecular formula is C9H5F4O4S-. The summed E-state index contributed by atoms with van der Waals surface area (Å²) in [5.74, 6) is -4.79. The summed E-state index contributed by atoms with van der Waals surface area (Å²) in [6, 6.07) is 1.22. The number of hydrogen-bond donors (Lipinski definition) is 1. The van der Waals surface area contributed by atoms with Crippen molar-refractivity contribution in [3.8, 4) is 0 Å². The Morgan fingerprint density at radius 3 is 2.33 bits per heavy atom. The molecule has 0 aliphatic heterocycles. The first-order valence-electron chi connectivity index (χ1n) is 4.32. The highest BCUT2D eigenvalue weighted by atomic mass is 32.2. The van der Waals surface area contributed by atoms with Gasteiger partial charge in [-0.2, -0.15) is 13.2 Å². The first-order valence-corrected chi connectivity index (χ1v) is 5.56. The Balaban J connectivity index is 3.50. The lowest BCUT2D eigenvalue weighted by atomic mass is 10.0. The molecule has 0 aliphatic rings. The third-order valence-electron chi connectivity index (χ3n) is 2.01.